The van der Waals surface area contributed by atoms with Crippen LogP contribution in [0.5, 0.6) is 0 Å². The average Bonchev–Trinajstić information content (AvgIpc) is 2.93. The van der Waals surface area contributed by atoms with Gasteiger partial charge in [-0.3, -0.25) is 4.79 Å². The van der Waals surface area contributed by atoms with Crippen LogP contribution in [-0.4, -0.2) is 21.5 Å². The topological polar surface area (TPSA) is 72.9 Å². The predicted octanol–water partition coefficient (Wildman–Crippen LogP) is 1.94. The Morgan fingerprint density at radius 2 is 2.26 bits per heavy atom. The number of hydrogen-bond acceptors (Lipinski definition) is 3. The average molecular weight is 258 g/mol. The van der Waals surface area contributed by atoms with Crippen LogP contribution < -0.4 is 11.1 Å². The molecule has 0 radical (unpaired) electrons. The molecule has 0 saturated carbocycles. The fourth-order valence-corrected chi connectivity index (χ4v) is 1.79. The van der Waals surface area contributed by atoms with E-state index in [1.165, 1.54) is 0 Å². The minimum atomic E-state index is -0.0968. The zero-order valence-corrected chi connectivity index (χ0v) is 10.9. The van der Waals surface area contributed by atoms with Crippen molar-refractivity contribution in [3.05, 3.63) is 43.0 Å². The monoisotopic (exact) mass is 258 g/mol. The maximum atomic E-state index is 11.9. The van der Waals surface area contributed by atoms with Gasteiger partial charge in [-0.1, -0.05) is 19.1 Å². The predicted molar refractivity (Wildman–Crippen MR) is 75.1 cm³/mol. The second-order valence-corrected chi connectivity index (χ2v) is 4.41. The van der Waals surface area contributed by atoms with Gasteiger partial charge < -0.3 is 15.6 Å². The van der Waals surface area contributed by atoms with E-state index in [2.05, 4.69) is 10.3 Å². The molecular weight excluding hydrogens is 240 g/mol. The van der Waals surface area contributed by atoms with E-state index < -0.39 is 0 Å². The Bertz CT molecular complexity index is 536. The van der Waals surface area contributed by atoms with Gasteiger partial charge in [0.2, 0.25) is 5.91 Å². The van der Waals surface area contributed by atoms with Crippen molar-refractivity contribution in [1.82, 2.24) is 9.55 Å². The van der Waals surface area contributed by atoms with E-state index in [-0.39, 0.29) is 11.9 Å². The number of carbonyl (C=O) groups is 1. The van der Waals surface area contributed by atoms with Gasteiger partial charge in [-0.15, -0.1) is 0 Å². The van der Waals surface area contributed by atoms with E-state index >= 15 is 0 Å². The molecule has 0 bridgehead atoms. The van der Waals surface area contributed by atoms with Gasteiger partial charge in [-0.05, 0) is 18.6 Å². The van der Waals surface area contributed by atoms with Crippen molar-refractivity contribution < 1.29 is 4.79 Å². The van der Waals surface area contributed by atoms with Crippen LogP contribution in [0, 0.1) is 0 Å². The molecule has 1 amide bonds. The van der Waals surface area contributed by atoms with E-state index in [1.807, 2.05) is 42.0 Å². The number of rotatable bonds is 5. The Balaban J connectivity index is 2.15. The fraction of sp³-hybridized carbons (Fsp3) is 0.286. The smallest absolute Gasteiger partial charge is 0.225 e. The standard InChI is InChI=1S/C14H18N4O/c1-2-11(15)9-14(19)17-12-5-3-4-6-13(12)18-8-7-16-10-18/h3-8,10-11H,2,9,15H2,1H3,(H,17,19). The zero-order chi connectivity index (χ0) is 13.7. The Hall–Kier alpha value is -2.14. The van der Waals surface area contributed by atoms with Gasteiger partial charge >= 0.3 is 0 Å². The van der Waals surface area contributed by atoms with E-state index in [4.69, 9.17) is 5.73 Å². The summed E-state index contributed by atoms with van der Waals surface area (Å²) in [6.07, 6.45) is 6.35. The van der Waals surface area contributed by atoms with Crippen LogP contribution in [0.25, 0.3) is 5.69 Å². The molecule has 1 unspecified atom stereocenters. The number of amides is 1. The number of carbonyl (C=O) groups excluding carboxylic acids is 1. The number of aromatic nitrogens is 2. The van der Waals surface area contributed by atoms with Crippen molar-refractivity contribution in [1.29, 1.82) is 0 Å². The van der Waals surface area contributed by atoms with Crippen LogP contribution in [0.15, 0.2) is 43.0 Å². The molecule has 2 aromatic rings. The van der Waals surface area contributed by atoms with E-state index in [9.17, 15) is 4.79 Å². The molecule has 0 saturated heterocycles. The molecule has 0 aliphatic rings. The number of nitrogens with one attached hydrogen (secondary N) is 1. The Kier molecular flexibility index (Phi) is 4.30. The third-order valence-electron chi connectivity index (χ3n) is 2.93. The summed E-state index contributed by atoms with van der Waals surface area (Å²) in [7, 11) is 0. The molecule has 0 aliphatic carbocycles. The lowest BCUT2D eigenvalue weighted by Crippen LogP contribution is -2.26. The summed E-state index contributed by atoms with van der Waals surface area (Å²) >= 11 is 0. The third-order valence-corrected chi connectivity index (χ3v) is 2.93. The number of imidazole rings is 1. The number of hydrogen-bond donors (Lipinski definition) is 2. The first kappa shape index (κ1) is 13.3. The molecule has 0 spiro atoms. The van der Waals surface area contributed by atoms with Gasteiger partial charge in [0.1, 0.15) is 0 Å². The molecule has 0 fully saturated rings. The molecule has 0 aliphatic heterocycles. The maximum Gasteiger partial charge on any atom is 0.225 e. The summed E-state index contributed by atoms with van der Waals surface area (Å²) in [4.78, 5) is 15.9. The van der Waals surface area contributed by atoms with Gasteiger partial charge in [0, 0.05) is 24.9 Å². The van der Waals surface area contributed by atoms with E-state index in [0.29, 0.717) is 6.42 Å². The van der Waals surface area contributed by atoms with Crippen molar-refractivity contribution >= 4 is 11.6 Å². The summed E-state index contributed by atoms with van der Waals surface area (Å²) in [6, 6.07) is 7.50. The molecule has 1 aromatic carbocycles. The molecule has 5 nitrogen and oxygen atoms in total. The summed E-state index contributed by atoms with van der Waals surface area (Å²) in [5.74, 6) is -0.0677. The second kappa shape index (κ2) is 6.15. The molecular formula is C14H18N4O. The van der Waals surface area contributed by atoms with Gasteiger partial charge in [0.05, 0.1) is 17.7 Å². The van der Waals surface area contributed by atoms with Crippen LogP contribution >= 0.6 is 0 Å². The Labute approximate surface area is 112 Å². The highest BCUT2D eigenvalue weighted by atomic mass is 16.1. The van der Waals surface area contributed by atoms with Crippen LogP contribution in [0.1, 0.15) is 19.8 Å². The molecule has 2 rings (SSSR count). The van der Waals surface area contributed by atoms with Crippen molar-refractivity contribution in [3.63, 3.8) is 0 Å². The summed E-state index contributed by atoms with van der Waals surface area (Å²) in [5.41, 5.74) is 7.43. The Morgan fingerprint density at radius 3 is 2.95 bits per heavy atom. The highest BCUT2D eigenvalue weighted by Gasteiger charge is 2.10. The Morgan fingerprint density at radius 1 is 1.47 bits per heavy atom. The SMILES string of the molecule is CCC(N)CC(=O)Nc1ccccc1-n1ccnc1. The van der Waals surface area contributed by atoms with Crippen LogP contribution in [0.4, 0.5) is 5.69 Å². The zero-order valence-electron chi connectivity index (χ0n) is 10.9. The highest BCUT2D eigenvalue weighted by molar-refractivity contribution is 5.93. The van der Waals surface area contributed by atoms with Crippen molar-refractivity contribution in [3.8, 4) is 5.69 Å². The van der Waals surface area contributed by atoms with Gasteiger partial charge in [0.15, 0.2) is 0 Å². The largest absolute Gasteiger partial charge is 0.327 e. The minimum absolute atomic E-state index is 0.0677. The number of nitrogens with two attached hydrogens (primary N) is 1. The molecule has 1 heterocycles. The van der Waals surface area contributed by atoms with Crippen LogP contribution in [0.2, 0.25) is 0 Å². The summed E-state index contributed by atoms with van der Waals surface area (Å²) < 4.78 is 1.86. The minimum Gasteiger partial charge on any atom is -0.327 e. The second-order valence-electron chi connectivity index (χ2n) is 4.41. The van der Waals surface area contributed by atoms with Gasteiger partial charge in [0.25, 0.3) is 0 Å². The first-order chi connectivity index (χ1) is 9.20. The van der Waals surface area contributed by atoms with Crippen molar-refractivity contribution in [2.24, 2.45) is 5.73 Å². The molecule has 1 aromatic heterocycles. The third kappa shape index (κ3) is 3.42. The normalized spacial score (nSPS) is 12.1. The van der Waals surface area contributed by atoms with Crippen LogP contribution in [0.3, 0.4) is 0 Å². The molecule has 3 N–H and O–H groups in total. The molecule has 100 valence electrons. The van der Waals surface area contributed by atoms with E-state index in [1.54, 1.807) is 12.5 Å². The quantitative estimate of drug-likeness (QED) is 0.860. The number of para-hydroxylation sites is 2. The first-order valence-corrected chi connectivity index (χ1v) is 6.33. The lowest BCUT2D eigenvalue weighted by Gasteiger charge is -2.13. The lowest BCUT2D eigenvalue weighted by molar-refractivity contribution is -0.116. The van der Waals surface area contributed by atoms with Crippen molar-refractivity contribution in [2.45, 2.75) is 25.8 Å². The number of anilines is 1. The van der Waals surface area contributed by atoms with Gasteiger partial charge in [-0.25, -0.2) is 4.98 Å². The molecule has 1 atom stereocenters. The summed E-state index contributed by atoms with van der Waals surface area (Å²) in [5, 5.41) is 2.90. The van der Waals surface area contributed by atoms with Gasteiger partial charge in [-0.2, -0.15) is 0 Å². The number of nitrogens with zero attached hydrogens (tertiary/aromatic N) is 2. The summed E-state index contributed by atoms with van der Waals surface area (Å²) in [6.45, 7) is 1.97. The highest BCUT2D eigenvalue weighted by Crippen LogP contribution is 2.19. The fourth-order valence-electron chi connectivity index (χ4n) is 1.79. The molecule has 19 heavy (non-hydrogen) atoms. The lowest BCUT2D eigenvalue weighted by atomic mass is 10.1. The molecule has 5 heteroatoms. The van der Waals surface area contributed by atoms with Crippen molar-refractivity contribution in [2.75, 3.05) is 5.32 Å². The van der Waals surface area contributed by atoms with E-state index in [0.717, 1.165) is 17.8 Å². The number of benzene rings is 1. The van der Waals surface area contributed by atoms with Crippen LogP contribution in [-0.2, 0) is 4.79 Å². The first-order valence-electron chi connectivity index (χ1n) is 6.33. The maximum absolute atomic E-state index is 11.9.